The monoisotopic (exact) mass is 235 g/mol. The van der Waals surface area contributed by atoms with E-state index in [1.165, 1.54) is 19.4 Å². The molecule has 0 bridgehead atoms. The molecule has 2 aliphatic heterocycles. The number of hydrogen-bond donors (Lipinski definition) is 0. The highest BCUT2D eigenvalue weighted by Crippen LogP contribution is 2.23. The Kier molecular flexibility index (Phi) is 2.94. The van der Waals surface area contributed by atoms with Gasteiger partial charge in [-0.3, -0.25) is 9.69 Å². The number of carbonyl (C=O) groups is 1. The molecule has 2 unspecified atom stereocenters. The Morgan fingerprint density at radius 3 is 3.41 bits per heavy atom. The molecule has 2 atom stereocenters. The second-order valence-electron chi connectivity index (χ2n) is 4.84. The Morgan fingerprint density at radius 1 is 1.59 bits per heavy atom. The molecule has 2 fully saturated rings. The lowest BCUT2D eigenvalue weighted by Crippen LogP contribution is -2.47. The molecule has 0 radical (unpaired) electrons. The van der Waals surface area contributed by atoms with E-state index in [-0.39, 0.29) is 6.10 Å². The third-order valence-electron chi connectivity index (χ3n) is 3.73. The lowest BCUT2D eigenvalue weighted by molar-refractivity contribution is -0.0552. The van der Waals surface area contributed by atoms with Gasteiger partial charge in [-0.05, 0) is 19.4 Å². The summed E-state index contributed by atoms with van der Waals surface area (Å²) in [5.41, 5.74) is 0.622. The van der Waals surface area contributed by atoms with Crippen molar-refractivity contribution < 1.29 is 9.53 Å². The lowest BCUT2D eigenvalue weighted by atomic mass is 10.2. The number of aldehydes is 1. The van der Waals surface area contributed by atoms with Gasteiger partial charge in [-0.2, -0.15) is 0 Å². The average Bonchev–Trinajstić information content (AvgIpc) is 2.96. The standard InChI is InChI=1S/C12H17N3O2/c16-7-11-4-13-9-15(11)6-12-5-14-3-1-2-10(14)8-17-12/h4,7,9-10,12H,1-3,5-6,8H2. The van der Waals surface area contributed by atoms with Crippen molar-refractivity contribution in [1.82, 2.24) is 14.5 Å². The number of imidazole rings is 1. The van der Waals surface area contributed by atoms with Crippen molar-refractivity contribution >= 4 is 6.29 Å². The fourth-order valence-corrected chi connectivity index (χ4v) is 2.80. The van der Waals surface area contributed by atoms with Crippen LogP contribution in [0.1, 0.15) is 23.3 Å². The zero-order valence-electron chi connectivity index (χ0n) is 9.79. The summed E-state index contributed by atoms with van der Waals surface area (Å²) >= 11 is 0. The van der Waals surface area contributed by atoms with Gasteiger partial charge in [0.1, 0.15) is 5.69 Å². The van der Waals surface area contributed by atoms with Crippen LogP contribution in [0.5, 0.6) is 0 Å². The number of fused-ring (bicyclic) bond motifs is 1. The second kappa shape index (κ2) is 4.58. The summed E-state index contributed by atoms with van der Waals surface area (Å²) in [4.78, 5) is 17.3. The lowest BCUT2D eigenvalue weighted by Gasteiger charge is -2.35. The number of nitrogens with zero attached hydrogens (tertiary/aromatic N) is 3. The Labute approximate surface area is 100 Å². The van der Waals surface area contributed by atoms with Crippen molar-refractivity contribution in [2.75, 3.05) is 19.7 Å². The molecule has 3 heterocycles. The highest BCUT2D eigenvalue weighted by Gasteiger charge is 2.32. The van der Waals surface area contributed by atoms with E-state index in [2.05, 4.69) is 9.88 Å². The molecule has 1 aromatic heterocycles. The van der Waals surface area contributed by atoms with Gasteiger partial charge in [-0.1, -0.05) is 0 Å². The third kappa shape index (κ3) is 2.12. The molecule has 0 aromatic carbocycles. The van der Waals surface area contributed by atoms with E-state index in [1.54, 1.807) is 12.5 Å². The van der Waals surface area contributed by atoms with E-state index in [0.29, 0.717) is 11.7 Å². The van der Waals surface area contributed by atoms with Crippen LogP contribution in [0.15, 0.2) is 12.5 Å². The highest BCUT2D eigenvalue weighted by atomic mass is 16.5. The Hall–Kier alpha value is -1.20. The molecular weight excluding hydrogens is 218 g/mol. The number of morpholine rings is 1. The fourth-order valence-electron chi connectivity index (χ4n) is 2.80. The molecule has 0 N–H and O–H groups in total. The summed E-state index contributed by atoms with van der Waals surface area (Å²) < 4.78 is 7.73. The maximum atomic E-state index is 10.8. The van der Waals surface area contributed by atoms with Crippen LogP contribution in [-0.2, 0) is 11.3 Å². The second-order valence-corrected chi connectivity index (χ2v) is 4.84. The zero-order valence-corrected chi connectivity index (χ0v) is 9.79. The molecule has 0 aliphatic carbocycles. The topological polar surface area (TPSA) is 47.4 Å². The van der Waals surface area contributed by atoms with Crippen LogP contribution < -0.4 is 0 Å². The summed E-state index contributed by atoms with van der Waals surface area (Å²) in [7, 11) is 0. The summed E-state index contributed by atoms with van der Waals surface area (Å²) in [6, 6.07) is 0.625. The molecule has 2 aliphatic rings. The van der Waals surface area contributed by atoms with Crippen LogP contribution in [0, 0.1) is 0 Å². The Bertz CT molecular complexity index is 404. The van der Waals surface area contributed by atoms with Gasteiger partial charge in [0.05, 0.1) is 31.8 Å². The predicted octanol–water partition coefficient (Wildman–Crippen LogP) is 0.559. The molecule has 0 amide bonds. The summed E-state index contributed by atoms with van der Waals surface area (Å²) in [5.74, 6) is 0. The van der Waals surface area contributed by atoms with Crippen LogP contribution in [0.2, 0.25) is 0 Å². The van der Waals surface area contributed by atoms with Crippen molar-refractivity contribution in [3.05, 3.63) is 18.2 Å². The largest absolute Gasteiger partial charge is 0.373 e. The molecule has 3 rings (SSSR count). The van der Waals surface area contributed by atoms with Gasteiger partial charge in [0.15, 0.2) is 6.29 Å². The van der Waals surface area contributed by atoms with E-state index >= 15 is 0 Å². The molecule has 92 valence electrons. The highest BCUT2D eigenvalue weighted by molar-refractivity contribution is 5.71. The van der Waals surface area contributed by atoms with Gasteiger partial charge in [0.25, 0.3) is 0 Å². The minimum absolute atomic E-state index is 0.178. The molecule has 5 nitrogen and oxygen atoms in total. The van der Waals surface area contributed by atoms with Crippen molar-refractivity contribution in [3.8, 4) is 0 Å². The maximum absolute atomic E-state index is 10.8. The summed E-state index contributed by atoms with van der Waals surface area (Å²) in [6.45, 7) is 3.71. The third-order valence-corrected chi connectivity index (χ3v) is 3.73. The molecule has 1 aromatic rings. The summed E-state index contributed by atoms with van der Waals surface area (Å²) in [6.07, 6.45) is 6.85. The van der Waals surface area contributed by atoms with Crippen molar-refractivity contribution in [3.63, 3.8) is 0 Å². The number of carbonyl (C=O) groups excluding carboxylic acids is 1. The first-order valence-corrected chi connectivity index (χ1v) is 6.18. The number of hydrogen-bond acceptors (Lipinski definition) is 4. The number of aromatic nitrogens is 2. The van der Waals surface area contributed by atoms with Crippen molar-refractivity contribution in [1.29, 1.82) is 0 Å². The fraction of sp³-hybridized carbons (Fsp3) is 0.667. The van der Waals surface area contributed by atoms with Gasteiger partial charge >= 0.3 is 0 Å². The van der Waals surface area contributed by atoms with Gasteiger partial charge in [0.2, 0.25) is 0 Å². The Balaban J connectivity index is 1.64. The first-order chi connectivity index (χ1) is 8.36. The van der Waals surface area contributed by atoms with Crippen LogP contribution in [0.4, 0.5) is 0 Å². The number of ether oxygens (including phenoxy) is 1. The Morgan fingerprint density at radius 2 is 2.53 bits per heavy atom. The van der Waals surface area contributed by atoms with Gasteiger partial charge < -0.3 is 9.30 Å². The molecule has 2 saturated heterocycles. The number of rotatable bonds is 3. The van der Waals surface area contributed by atoms with E-state index in [9.17, 15) is 4.79 Å². The average molecular weight is 235 g/mol. The van der Waals surface area contributed by atoms with E-state index in [4.69, 9.17) is 4.74 Å². The first kappa shape index (κ1) is 10.9. The molecule has 17 heavy (non-hydrogen) atoms. The molecular formula is C12H17N3O2. The zero-order chi connectivity index (χ0) is 11.7. The minimum Gasteiger partial charge on any atom is -0.373 e. The minimum atomic E-state index is 0.178. The molecule has 0 saturated carbocycles. The van der Waals surface area contributed by atoms with Crippen molar-refractivity contribution in [2.45, 2.75) is 31.5 Å². The molecule has 0 spiro atoms. The van der Waals surface area contributed by atoms with Gasteiger partial charge in [-0.25, -0.2) is 4.98 Å². The van der Waals surface area contributed by atoms with Crippen LogP contribution >= 0.6 is 0 Å². The molecule has 5 heteroatoms. The van der Waals surface area contributed by atoms with Crippen LogP contribution in [0.3, 0.4) is 0 Å². The van der Waals surface area contributed by atoms with E-state index in [0.717, 1.165) is 26.0 Å². The SMILES string of the molecule is O=Cc1cncn1CC1CN2CCCC2CO1. The van der Waals surface area contributed by atoms with Crippen LogP contribution in [0.25, 0.3) is 0 Å². The van der Waals surface area contributed by atoms with Crippen molar-refractivity contribution in [2.24, 2.45) is 0 Å². The van der Waals surface area contributed by atoms with E-state index < -0.39 is 0 Å². The summed E-state index contributed by atoms with van der Waals surface area (Å²) in [5, 5.41) is 0. The quantitative estimate of drug-likeness (QED) is 0.718. The normalized spacial score (nSPS) is 29.2. The first-order valence-electron chi connectivity index (χ1n) is 6.18. The smallest absolute Gasteiger partial charge is 0.168 e. The van der Waals surface area contributed by atoms with E-state index in [1.807, 2.05) is 4.57 Å². The van der Waals surface area contributed by atoms with Gasteiger partial charge in [0, 0.05) is 12.6 Å². The van der Waals surface area contributed by atoms with Crippen LogP contribution in [-0.4, -0.2) is 52.6 Å². The predicted molar refractivity (Wildman–Crippen MR) is 61.9 cm³/mol. The van der Waals surface area contributed by atoms with Gasteiger partial charge in [-0.15, -0.1) is 0 Å². The maximum Gasteiger partial charge on any atom is 0.168 e.